The van der Waals surface area contributed by atoms with Crippen molar-refractivity contribution >= 4 is 15.4 Å². The molecule has 0 saturated heterocycles. The first-order chi connectivity index (χ1) is 5.75. The molecule has 0 heterocycles. The van der Waals surface area contributed by atoms with Gasteiger partial charge in [-0.25, -0.2) is 0 Å². The quantitative estimate of drug-likeness (QED) is 0.640. The molecule has 0 saturated carbocycles. The van der Waals surface area contributed by atoms with Crippen LogP contribution in [0.4, 0.5) is 0 Å². The average molecular weight is 175 g/mol. The van der Waals surface area contributed by atoms with E-state index in [0.29, 0.717) is 6.61 Å². The Morgan fingerprint density at radius 1 is 1.50 bits per heavy atom. The fourth-order valence-corrected chi connectivity index (χ4v) is 1.20. The summed E-state index contributed by atoms with van der Waals surface area (Å²) in [5.74, 6) is 0.875. The summed E-state index contributed by atoms with van der Waals surface area (Å²) < 4.78 is 5.41. The third kappa shape index (κ3) is 1.98. The van der Waals surface area contributed by atoms with Crippen molar-refractivity contribution in [2.45, 2.75) is 6.92 Å². The highest BCUT2D eigenvalue weighted by Crippen LogP contribution is 2.22. The molecule has 0 fully saturated rings. The highest BCUT2D eigenvalue weighted by Gasteiger charge is 2.00. The fraction of sp³-hybridized carbons (Fsp3) is 0.200. The number of para-hydroxylation sites is 1. The van der Waals surface area contributed by atoms with Gasteiger partial charge >= 0.3 is 0 Å². The van der Waals surface area contributed by atoms with Crippen molar-refractivity contribution in [2.75, 3.05) is 6.61 Å². The normalized spacial score (nSPS) is 9.50. The topological polar surface area (TPSA) is 9.23 Å². The zero-order valence-corrected chi connectivity index (χ0v) is 8.13. The Bertz CT molecular complexity index is 281. The monoisotopic (exact) mass is 175 g/mol. The standard InChI is InChI=1S/C10H11OSi/c1-3-11-10-7-5-4-6-9(10)8(2)12/h4-7H,2-3H2,1H3. The summed E-state index contributed by atoms with van der Waals surface area (Å²) in [5, 5.41) is 0.846. The molecule has 1 aromatic rings. The van der Waals surface area contributed by atoms with Crippen LogP contribution in [0.5, 0.6) is 5.75 Å². The maximum atomic E-state index is 5.41. The van der Waals surface area contributed by atoms with Gasteiger partial charge in [-0.1, -0.05) is 30.0 Å². The summed E-state index contributed by atoms with van der Waals surface area (Å²) in [6.45, 7) is 6.44. The minimum atomic E-state index is 0.677. The summed E-state index contributed by atoms with van der Waals surface area (Å²) in [4.78, 5) is 0. The van der Waals surface area contributed by atoms with Gasteiger partial charge in [-0.15, -0.1) is 0 Å². The number of rotatable bonds is 3. The van der Waals surface area contributed by atoms with Gasteiger partial charge in [0, 0.05) is 5.56 Å². The van der Waals surface area contributed by atoms with E-state index < -0.39 is 0 Å². The third-order valence-electron chi connectivity index (χ3n) is 1.51. The van der Waals surface area contributed by atoms with Crippen molar-refractivity contribution in [2.24, 2.45) is 0 Å². The van der Waals surface area contributed by atoms with Gasteiger partial charge in [-0.05, 0) is 13.0 Å². The average Bonchev–Trinajstić information content (AvgIpc) is 2.05. The molecule has 0 N–H and O–H groups in total. The molecular weight excluding hydrogens is 164 g/mol. The van der Waals surface area contributed by atoms with Gasteiger partial charge in [0.1, 0.15) is 5.75 Å². The molecule has 0 aliphatic rings. The van der Waals surface area contributed by atoms with Crippen LogP contribution in [0.2, 0.25) is 0 Å². The van der Waals surface area contributed by atoms with Gasteiger partial charge in [0.15, 0.2) is 0 Å². The Morgan fingerprint density at radius 3 is 2.75 bits per heavy atom. The number of benzene rings is 1. The van der Waals surface area contributed by atoms with E-state index in [2.05, 4.69) is 16.8 Å². The van der Waals surface area contributed by atoms with Crippen LogP contribution in [0, 0.1) is 0 Å². The Morgan fingerprint density at radius 2 is 2.17 bits per heavy atom. The summed E-state index contributed by atoms with van der Waals surface area (Å²) in [6, 6.07) is 7.82. The zero-order valence-electron chi connectivity index (χ0n) is 7.13. The lowest BCUT2D eigenvalue weighted by molar-refractivity contribution is 0.339. The Labute approximate surface area is 76.5 Å². The van der Waals surface area contributed by atoms with Gasteiger partial charge in [0.25, 0.3) is 0 Å². The minimum Gasteiger partial charge on any atom is -0.493 e. The van der Waals surface area contributed by atoms with E-state index in [0.717, 1.165) is 16.5 Å². The Hall–Kier alpha value is -1.02. The maximum absolute atomic E-state index is 5.41. The van der Waals surface area contributed by atoms with Gasteiger partial charge in [0.2, 0.25) is 0 Å². The maximum Gasteiger partial charge on any atom is 0.126 e. The molecule has 0 spiro atoms. The van der Waals surface area contributed by atoms with Crippen LogP contribution >= 0.6 is 0 Å². The highest BCUT2D eigenvalue weighted by molar-refractivity contribution is 6.42. The Balaban J connectivity index is 3.00. The van der Waals surface area contributed by atoms with Crippen LogP contribution in [0.3, 0.4) is 0 Å². The van der Waals surface area contributed by atoms with Crippen LogP contribution < -0.4 is 4.74 Å². The van der Waals surface area contributed by atoms with Crippen LogP contribution in [-0.4, -0.2) is 16.8 Å². The van der Waals surface area contributed by atoms with E-state index in [-0.39, 0.29) is 0 Å². The highest BCUT2D eigenvalue weighted by atomic mass is 28.1. The molecule has 2 heteroatoms. The largest absolute Gasteiger partial charge is 0.493 e. The lowest BCUT2D eigenvalue weighted by Gasteiger charge is -2.08. The first kappa shape index (κ1) is 9.07. The summed E-state index contributed by atoms with van der Waals surface area (Å²) in [7, 11) is 3.38. The third-order valence-corrected chi connectivity index (χ3v) is 1.78. The van der Waals surface area contributed by atoms with Crippen molar-refractivity contribution in [1.82, 2.24) is 0 Å². The second-order valence-corrected chi connectivity index (χ2v) is 3.01. The molecule has 0 bridgehead atoms. The van der Waals surface area contributed by atoms with Crippen LogP contribution in [0.25, 0.3) is 5.20 Å². The van der Waals surface area contributed by atoms with E-state index in [1.165, 1.54) is 0 Å². The Kier molecular flexibility index (Phi) is 3.11. The van der Waals surface area contributed by atoms with Gasteiger partial charge in [0.05, 0.1) is 16.8 Å². The van der Waals surface area contributed by atoms with Crippen molar-refractivity contribution in [1.29, 1.82) is 0 Å². The first-order valence-electron chi connectivity index (χ1n) is 3.88. The lowest BCUT2D eigenvalue weighted by atomic mass is 10.2. The van der Waals surface area contributed by atoms with E-state index >= 15 is 0 Å². The van der Waals surface area contributed by atoms with E-state index in [9.17, 15) is 0 Å². The van der Waals surface area contributed by atoms with E-state index in [4.69, 9.17) is 4.74 Å². The van der Waals surface area contributed by atoms with Gasteiger partial charge in [-0.3, -0.25) is 0 Å². The molecule has 0 aromatic heterocycles. The van der Waals surface area contributed by atoms with Crippen LogP contribution in [0.1, 0.15) is 12.5 Å². The molecule has 1 nitrogen and oxygen atoms in total. The van der Waals surface area contributed by atoms with Gasteiger partial charge < -0.3 is 4.74 Å². The van der Waals surface area contributed by atoms with Crippen LogP contribution in [0.15, 0.2) is 30.8 Å². The predicted molar refractivity (Wildman–Crippen MR) is 52.4 cm³/mol. The molecule has 0 aliphatic carbocycles. The van der Waals surface area contributed by atoms with Gasteiger partial charge in [-0.2, -0.15) is 0 Å². The SMILES string of the molecule is C=C([Si])c1ccccc1OCC. The molecular formula is C10H11OSi. The smallest absolute Gasteiger partial charge is 0.126 e. The van der Waals surface area contributed by atoms with E-state index in [1.54, 1.807) is 0 Å². The van der Waals surface area contributed by atoms with Crippen molar-refractivity contribution < 1.29 is 4.74 Å². The number of hydrogen-bond acceptors (Lipinski definition) is 1. The van der Waals surface area contributed by atoms with E-state index in [1.807, 2.05) is 31.2 Å². The lowest BCUT2D eigenvalue weighted by Crippen LogP contribution is -1.95. The molecule has 0 aliphatic heterocycles. The first-order valence-corrected chi connectivity index (χ1v) is 4.38. The molecule has 1 rings (SSSR count). The predicted octanol–water partition coefficient (Wildman–Crippen LogP) is 2.22. The van der Waals surface area contributed by atoms with Crippen molar-refractivity contribution in [3.8, 4) is 5.75 Å². The molecule has 0 unspecified atom stereocenters. The summed E-state index contributed by atoms with van der Waals surface area (Å²) in [5.41, 5.74) is 1.01. The van der Waals surface area contributed by atoms with Crippen molar-refractivity contribution in [3.05, 3.63) is 36.4 Å². The van der Waals surface area contributed by atoms with Crippen LogP contribution in [-0.2, 0) is 0 Å². The fourth-order valence-electron chi connectivity index (χ4n) is 0.997. The second kappa shape index (κ2) is 4.12. The zero-order chi connectivity index (χ0) is 8.97. The number of hydrogen-bond donors (Lipinski definition) is 0. The van der Waals surface area contributed by atoms with Crippen molar-refractivity contribution in [3.63, 3.8) is 0 Å². The second-order valence-electron chi connectivity index (χ2n) is 2.41. The molecule has 0 amide bonds. The summed E-state index contributed by atoms with van der Waals surface area (Å²) >= 11 is 0. The molecule has 0 atom stereocenters. The molecule has 12 heavy (non-hydrogen) atoms. The number of ether oxygens (including phenoxy) is 1. The minimum absolute atomic E-state index is 0.677. The molecule has 61 valence electrons. The summed E-state index contributed by atoms with van der Waals surface area (Å²) in [6.07, 6.45) is 0. The molecule has 3 radical (unpaired) electrons. The molecule has 1 aromatic carbocycles.